The van der Waals surface area contributed by atoms with Gasteiger partial charge in [-0.05, 0) is 6.07 Å². The largest absolute Gasteiger partial charge is 0.397 e. The van der Waals surface area contributed by atoms with Crippen molar-refractivity contribution in [2.45, 2.75) is 0 Å². The lowest BCUT2D eigenvalue weighted by Crippen LogP contribution is -2.31. The normalized spacial score (nSPS) is 9.86. The topological polar surface area (TPSA) is 85.2 Å². The highest BCUT2D eigenvalue weighted by Gasteiger charge is 2.09. The number of halogens is 1. The molecule has 0 fully saturated rings. The highest BCUT2D eigenvalue weighted by molar-refractivity contribution is 6.33. The van der Waals surface area contributed by atoms with Crippen LogP contribution in [0.5, 0.6) is 0 Å². The average Bonchev–Trinajstić information content (AvgIpc) is 2.01. The molecule has 1 amide bonds. The predicted octanol–water partition coefficient (Wildman–Crippen LogP) is 0.239. The highest BCUT2D eigenvalue weighted by Crippen LogP contribution is 2.23. The molecule has 14 heavy (non-hydrogen) atoms. The number of rotatable bonds is 3. The van der Waals surface area contributed by atoms with E-state index in [0.29, 0.717) is 16.5 Å². The van der Waals surface area contributed by atoms with Gasteiger partial charge < -0.3 is 16.4 Å². The Morgan fingerprint density at radius 2 is 2.36 bits per heavy atom. The van der Waals surface area contributed by atoms with E-state index in [9.17, 15) is 4.79 Å². The number of carbonyl (C=O) groups excluding carboxylic acids is 1. The molecule has 0 atom stereocenters. The Bertz CT molecular complexity index is 355. The Labute approximate surface area is 86.7 Å². The molecule has 0 aliphatic rings. The zero-order valence-corrected chi connectivity index (χ0v) is 8.45. The molecule has 1 heterocycles. The van der Waals surface area contributed by atoms with Crippen molar-refractivity contribution >= 4 is 29.0 Å². The Kier molecular flexibility index (Phi) is 3.14. The van der Waals surface area contributed by atoms with Gasteiger partial charge in [0.15, 0.2) is 0 Å². The number of anilines is 2. The van der Waals surface area contributed by atoms with Crippen LogP contribution < -0.4 is 16.4 Å². The van der Waals surface area contributed by atoms with Crippen LogP contribution in [0.1, 0.15) is 0 Å². The van der Waals surface area contributed by atoms with Crippen molar-refractivity contribution in [3.05, 3.63) is 17.3 Å². The molecule has 0 aliphatic carbocycles. The number of hydrogen-bond donors (Lipinski definition) is 2. The number of aromatic nitrogens is 1. The standard InChI is InChI=1S/C8H11ClN4O/c1-13(4-7(11)14)8-6(9)2-5(10)3-12-8/h2-3H,4,10H2,1H3,(H2,11,14). The first-order chi connectivity index (χ1) is 6.50. The highest BCUT2D eigenvalue weighted by atomic mass is 35.5. The Hall–Kier alpha value is -1.49. The van der Waals surface area contributed by atoms with Crippen molar-refractivity contribution < 1.29 is 4.79 Å². The van der Waals surface area contributed by atoms with Crippen LogP contribution in [0.4, 0.5) is 11.5 Å². The number of carbonyl (C=O) groups is 1. The molecule has 5 nitrogen and oxygen atoms in total. The number of nitrogen functional groups attached to an aromatic ring is 1. The zero-order valence-electron chi connectivity index (χ0n) is 7.70. The summed E-state index contributed by atoms with van der Waals surface area (Å²) in [6.07, 6.45) is 1.47. The van der Waals surface area contributed by atoms with Gasteiger partial charge in [0, 0.05) is 7.05 Å². The molecule has 1 aromatic rings. The Balaban J connectivity index is 2.90. The molecule has 0 unspecified atom stereocenters. The molecule has 0 saturated heterocycles. The fourth-order valence-corrected chi connectivity index (χ4v) is 1.35. The van der Waals surface area contributed by atoms with Gasteiger partial charge in [0.25, 0.3) is 0 Å². The van der Waals surface area contributed by atoms with E-state index in [1.165, 1.54) is 6.20 Å². The quantitative estimate of drug-likeness (QED) is 0.755. The molecule has 0 bridgehead atoms. The Morgan fingerprint density at radius 3 is 2.86 bits per heavy atom. The maximum atomic E-state index is 10.6. The molecule has 0 aromatic carbocycles. The number of hydrogen-bond acceptors (Lipinski definition) is 4. The van der Waals surface area contributed by atoms with Gasteiger partial charge in [-0.15, -0.1) is 0 Å². The number of nitrogens with two attached hydrogens (primary N) is 2. The van der Waals surface area contributed by atoms with Crippen LogP contribution in [-0.4, -0.2) is 24.5 Å². The van der Waals surface area contributed by atoms with Crippen molar-refractivity contribution in [1.82, 2.24) is 4.98 Å². The van der Waals surface area contributed by atoms with Gasteiger partial charge in [0.1, 0.15) is 5.82 Å². The van der Waals surface area contributed by atoms with E-state index in [0.717, 1.165) is 0 Å². The van der Waals surface area contributed by atoms with Crippen molar-refractivity contribution in [2.75, 3.05) is 24.2 Å². The van der Waals surface area contributed by atoms with Gasteiger partial charge in [-0.1, -0.05) is 11.6 Å². The maximum Gasteiger partial charge on any atom is 0.236 e. The van der Waals surface area contributed by atoms with Crippen molar-refractivity contribution in [1.29, 1.82) is 0 Å². The fourth-order valence-electron chi connectivity index (χ4n) is 1.04. The van der Waals surface area contributed by atoms with Crippen molar-refractivity contribution in [3.63, 3.8) is 0 Å². The van der Waals surface area contributed by atoms with Gasteiger partial charge in [-0.3, -0.25) is 4.79 Å². The summed E-state index contributed by atoms with van der Waals surface area (Å²) in [4.78, 5) is 16.2. The van der Waals surface area contributed by atoms with Gasteiger partial charge in [-0.25, -0.2) is 4.98 Å². The number of pyridine rings is 1. The summed E-state index contributed by atoms with van der Waals surface area (Å²) in [6, 6.07) is 1.57. The second kappa shape index (κ2) is 4.15. The smallest absolute Gasteiger partial charge is 0.236 e. The first-order valence-electron chi connectivity index (χ1n) is 3.91. The third-order valence-electron chi connectivity index (χ3n) is 1.60. The number of likely N-dealkylation sites (N-methyl/N-ethyl adjacent to an activating group) is 1. The monoisotopic (exact) mass is 214 g/mol. The molecular weight excluding hydrogens is 204 g/mol. The first-order valence-corrected chi connectivity index (χ1v) is 4.29. The van der Waals surface area contributed by atoms with E-state index in [1.807, 2.05) is 0 Å². The minimum absolute atomic E-state index is 0.0661. The molecule has 0 spiro atoms. The zero-order chi connectivity index (χ0) is 10.7. The molecule has 0 radical (unpaired) electrons. The molecule has 4 N–H and O–H groups in total. The van der Waals surface area contributed by atoms with E-state index in [1.54, 1.807) is 18.0 Å². The summed E-state index contributed by atoms with van der Waals surface area (Å²) >= 11 is 5.87. The van der Waals surface area contributed by atoms with E-state index in [4.69, 9.17) is 23.1 Å². The van der Waals surface area contributed by atoms with Crippen LogP contribution >= 0.6 is 11.6 Å². The van der Waals surface area contributed by atoms with Crippen LogP contribution in [0.25, 0.3) is 0 Å². The molecule has 76 valence electrons. The molecule has 0 saturated carbocycles. The van der Waals surface area contributed by atoms with Gasteiger partial charge in [0.2, 0.25) is 5.91 Å². The van der Waals surface area contributed by atoms with E-state index >= 15 is 0 Å². The summed E-state index contributed by atoms with van der Waals surface area (Å²) in [5.41, 5.74) is 11.0. The summed E-state index contributed by atoms with van der Waals surface area (Å²) in [5.74, 6) is 0.0434. The Morgan fingerprint density at radius 1 is 1.71 bits per heavy atom. The van der Waals surface area contributed by atoms with Crippen molar-refractivity contribution in [2.24, 2.45) is 5.73 Å². The predicted molar refractivity (Wildman–Crippen MR) is 56.1 cm³/mol. The van der Waals surface area contributed by atoms with Crippen LogP contribution in [0.3, 0.4) is 0 Å². The fraction of sp³-hybridized carbons (Fsp3) is 0.250. The van der Waals surface area contributed by atoms with Crippen LogP contribution in [-0.2, 0) is 4.79 Å². The van der Waals surface area contributed by atoms with Gasteiger partial charge in [-0.2, -0.15) is 0 Å². The summed E-state index contributed by atoms with van der Waals surface area (Å²) in [5, 5.41) is 0.397. The minimum atomic E-state index is -0.442. The van der Waals surface area contributed by atoms with Gasteiger partial charge in [0.05, 0.1) is 23.5 Å². The summed E-state index contributed by atoms with van der Waals surface area (Å²) < 4.78 is 0. The van der Waals surface area contributed by atoms with Crippen LogP contribution in [0, 0.1) is 0 Å². The number of amides is 1. The lowest BCUT2D eigenvalue weighted by molar-refractivity contribution is -0.116. The third-order valence-corrected chi connectivity index (χ3v) is 1.88. The lowest BCUT2D eigenvalue weighted by Gasteiger charge is -2.17. The van der Waals surface area contributed by atoms with E-state index in [2.05, 4.69) is 4.98 Å². The summed E-state index contributed by atoms with van der Waals surface area (Å²) in [6.45, 7) is 0.0661. The molecule has 1 aromatic heterocycles. The average molecular weight is 215 g/mol. The molecular formula is C8H11ClN4O. The number of nitrogens with zero attached hydrogens (tertiary/aromatic N) is 2. The second-order valence-corrected chi connectivity index (χ2v) is 3.30. The van der Waals surface area contributed by atoms with Gasteiger partial charge >= 0.3 is 0 Å². The SMILES string of the molecule is CN(CC(N)=O)c1ncc(N)cc1Cl. The molecule has 1 rings (SSSR count). The van der Waals surface area contributed by atoms with Crippen molar-refractivity contribution in [3.8, 4) is 0 Å². The maximum absolute atomic E-state index is 10.6. The van der Waals surface area contributed by atoms with E-state index < -0.39 is 5.91 Å². The third kappa shape index (κ3) is 2.50. The second-order valence-electron chi connectivity index (χ2n) is 2.90. The van der Waals surface area contributed by atoms with E-state index in [-0.39, 0.29) is 6.54 Å². The molecule has 0 aliphatic heterocycles. The van der Waals surface area contributed by atoms with Crippen LogP contribution in [0.15, 0.2) is 12.3 Å². The molecule has 6 heteroatoms. The minimum Gasteiger partial charge on any atom is -0.397 e. The lowest BCUT2D eigenvalue weighted by atomic mass is 10.4. The number of primary amides is 1. The first kappa shape index (κ1) is 10.6. The van der Waals surface area contributed by atoms with Crippen LogP contribution in [0.2, 0.25) is 5.02 Å². The summed E-state index contributed by atoms with van der Waals surface area (Å²) in [7, 11) is 1.68.